The third-order valence-corrected chi connectivity index (χ3v) is 6.43. The summed E-state index contributed by atoms with van der Waals surface area (Å²) in [4.78, 5) is 26.9. The summed E-state index contributed by atoms with van der Waals surface area (Å²) >= 11 is 0.726. The van der Waals surface area contributed by atoms with Crippen molar-refractivity contribution in [3.05, 3.63) is 80.3 Å². The fourth-order valence-electron chi connectivity index (χ4n) is 3.46. The zero-order valence-electron chi connectivity index (χ0n) is 17.9. The van der Waals surface area contributed by atoms with Crippen molar-refractivity contribution in [2.24, 2.45) is 0 Å². The Morgan fingerprint density at radius 3 is 2.50 bits per heavy atom. The maximum absolute atomic E-state index is 13.6. The fourth-order valence-corrected chi connectivity index (χ4v) is 4.47. The van der Waals surface area contributed by atoms with Crippen LogP contribution in [0.4, 0.5) is 30.2 Å². The predicted octanol–water partition coefficient (Wildman–Crippen LogP) is 6.34. The van der Waals surface area contributed by atoms with E-state index in [4.69, 9.17) is 5.73 Å². The first-order chi connectivity index (χ1) is 16.0. The number of carbonyl (C=O) groups is 1. The summed E-state index contributed by atoms with van der Waals surface area (Å²) in [6, 6.07) is 11.5. The highest BCUT2D eigenvalue weighted by molar-refractivity contribution is 7.21. The van der Waals surface area contributed by atoms with Gasteiger partial charge in [0.25, 0.3) is 11.6 Å². The number of aromatic nitrogens is 1. The van der Waals surface area contributed by atoms with Crippen molar-refractivity contribution in [2.45, 2.75) is 20.0 Å². The zero-order chi connectivity index (χ0) is 24.8. The van der Waals surface area contributed by atoms with Crippen molar-refractivity contribution < 1.29 is 22.9 Å². The summed E-state index contributed by atoms with van der Waals surface area (Å²) in [7, 11) is 0. The number of carbonyl (C=O) groups excluding carboxylic acids is 1. The lowest BCUT2D eigenvalue weighted by molar-refractivity contribution is -0.384. The summed E-state index contributed by atoms with van der Waals surface area (Å²) in [5.74, 6) is -0.708. The van der Waals surface area contributed by atoms with Crippen LogP contribution in [0.1, 0.15) is 26.5 Å². The Balaban J connectivity index is 1.86. The number of anilines is 2. The second-order valence-corrected chi connectivity index (χ2v) is 8.64. The molecular formula is C23H17F3N4O3S. The van der Waals surface area contributed by atoms with Gasteiger partial charge in [0.2, 0.25) is 0 Å². The number of nitrogen functional groups attached to an aromatic ring is 1. The van der Waals surface area contributed by atoms with Gasteiger partial charge in [-0.05, 0) is 48.2 Å². The molecule has 0 radical (unpaired) electrons. The van der Waals surface area contributed by atoms with Gasteiger partial charge in [-0.25, -0.2) is 4.98 Å². The number of aryl methyl sites for hydroxylation is 2. The maximum Gasteiger partial charge on any atom is 0.433 e. The van der Waals surface area contributed by atoms with Gasteiger partial charge in [-0.1, -0.05) is 24.3 Å². The number of nitro benzene ring substituents is 1. The second kappa shape index (κ2) is 8.41. The number of amides is 1. The first-order valence-corrected chi connectivity index (χ1v) is 10.7. The molecule has 0 bridgehead atoms. The number of hydrogen-bond donors (Lipinski definition) is 2. The van der Waals surface area contributed by atoms with E-state index in [0.717, 1.165) is 28.5 Å². The summed E-state index contributed by atoms with van der Waals surface area (Å²) in [5.41, 5.74) is 7.64. The zero-order valence-corrected chi connectivity index (χ0v) is 18.7. The summed E-state index contributed by atoms with van der Waals surface area (Å²) in [5, 5.41) is 13.7. The number of thiophene rings is 1. The Morgan fingerprint density at radius 1 is 1.12 bits per heavy atom. The molecule has 0 aliphatic carbocycles. The van der Waals surface area contributed by atoms with E-state index in [1.54, 1.807) is 18.2 Å². The van der Waals surface area contributed by atoms with Crippen LogP contribution in [0.25, 0.3) is 21.3 Å². The lowest BCUT2D eigenvalue weighted by atomic mass is 9.97. The number of halogens is 3. The number of rotatable bonds is 4. The van der Waals surface area contributed by atoms with Gasteiger partial charge in [-0.3, -0.25) is 14.9 Å². The first-order valence-electron chi connectivity index (χ1n) is 9.89. The van der Waals surface area contributed by atoms with E-state index in [2.05, 4.69) is 10.3 Å². The molecule has 0 aliphatic heterocycles. The smallest absolute Gasteiger partial charge is 0.397 e. The van der Waals surface area contributed by atoms with Crippen molar-refractivity contribution >= 4 is 44.5 Å². The Labute approximate surface area is 195 Å². The Bertz CT molecular complexity index is 1460. The normalized spacial score (nSPS) is 11.6. The minimum Gasteiger partial charge on any atom is -0.397 e. The number of nitrogens with zero attached hydrogens (tertiary/aromatic N) is 2. The summed E-state index contributed by atoms with van der Waals surface area (Å²) < 4.78 is 40.8. The van der Waals surface area contributed by atoms with Crippen molar-refractivity contribution in [2.75, 3.05) is 11.1 Å². The molecule has 3 N–H and O–H groups in total. The predicted molar refractivity (Wildman–Crippen MR) is 125 cm³/mol. The van der Waals surface area contributed by atoms with Crippen LogP contribution in [0.15, 0.2) is 48.5 Å². The molecule has 2 heterocycles. The molecule has 2 aromatic heterocycles. The lowest BCUT2D eigenvalue weighted by Crippen LogP contribution is -2.12. The molecule has 2 aromatic carbocycles. The molecular weight excluding hydrogens is 469 g/mol. The van der Waals surface area contributed by atoms with Gasteiger partial charge >= 0.3 is 6.18 Å². The van der Waals surface area contributed by atoms with Crippen molar-refractivity contribution in [3.63, 3.8) is 0 Å². The molecule has 0 unspecified atom stereocenters. The molecule has 1 amide bonds. The monoisotopic (exact) mass is 486 g/mol. The van der Waals surface area contributed by atoms with Crippen molar-refractivity contribution in [1.29, 1.82) is 0 Å². The topological polar surface area (TPSA) is 111 Å². The van der Waals surface area contributed by atoms with Crippen LogP contribution in [0.3, 0.4) is 0 Å². The molecule has 11 heteroatoms. The molecule has 0 aliphatic rings. The van der Waals surface area contributed by atoms with Crippen LogP contribution in [-0.4, -0.2) is 15.8 Å². The highest BCUT2D eigenvalue weighted by Crippen LogP contribution is 2.43. The van der Waals surface area contributed by atoms with Crippen LogP contribution >= 0.6 is 11.3 Å². The van der Waals surface area contributed by atoms with Crippen molar-refractivity contribution in [3.8, 4) is 11.1 Å². The summed E-state index contributed by atoms with van der Waals surface area (Å²) in [6.07, 6.45) is -4.70. The van der Waals surface area contributed by atoms with Gasteiger partial charge in [-0.15, -0.1) is 11.3 Å². The molecule has 0 saturated carbocycles. The third-order valence-electron chi connectivity index (χ3n) is 5.33. The van der Waals surface area contributed by atoms with Crippen LogP contribution < -0.4 is 11.1 Å². The number of alkyl halides is 3. The number of fused-ring (bicyclic) bond motifs is 1. The highest BCUT2D eigenvalue weighted by atomic mass is 32.1. The SMILES string of the molecule is Cc1ccc(-c2cc(C(F)(F)F)nc3sc(C(=O)Nc4cccc([N+](=O)[O-])c4)c(N)c23)cc1C. The molecule has 4 rings (SSSR count). The van der Waals surface area contributed by atoms with Gasteiger partial charge in [0.1, 0.15) is 15.4 Å². The number of hydrogen-bond acceptors (Lipinski definition) is 6. The van der Waals surface area contributed by atoms with E-state index >= 15 is 0 Å². The van der Waals surface area contributed by atoms with E-state index in [1.807, 2.05) is 13.8 Å². The molecule has 4 aromatic rings. The van der Waals surface area contributed by atoms with Crippen LogP contribution in [-0.2, 0) is 6.18 Å². The van der Waals surface area contributed by atoms with Crippen LogP contribution in [0, 0.1) is 24.0 Å². The highest BCUT2D eigenvalue weighted by Gasteiger charge is 2.35. The quantitative estimate of drug-likeness (QED) is 0.258. The molecule has 0 saturated heterocycles. The number of benzene rings is 2. The van der Waals surface area contributed by atoms with Crippen LogP contribution in [0.2, 0.25) is 0 Å². The number of nitro groups is 1. The summed E-state index contributed by atoms with van der Waals surface area (Å²) in [6.45, 7) is 3.73. The molecule has 0 spiro atoms. The minimum absolute atomic E-state index is 0.0163. The van der Waals surface area contributed by atoms with E-state index in [-0.39, 0.29) is 37.7 Å². The molecule has 0 fully saturated rings. The van der Waals surface area contributed by atoms with Gasteiger partial charge in [-0.2, -0.15) is 13.2 Å². The van der Waals surface area contributed by atoms with Crippen molar-refractivity contribution in [1.82, 2.24) is 4.98 Å². The minimum atomic E-state index is -4.70. The Hall–Kier alpha value is -3.99. The number of nitrogens with two attached hydrogens (primary N) is 1. The van der Waals surface area contributed by atoms with Gasteiger partial charge in [0, 0.05) is 23.2 Å². The fraction of sp³-hybridized carbons (Fsp3) is 0.130. The average Bonchev–Trinajstić information content (AvgIpc) is 3.11. The third kappa shape index (κ3) is 4.29. The maximum atomic E-state index is 13.6. The van der Waals surface area contributed by atoms with E-state index in [1.165, 1.54) is 24.3 Å². The number of nitrogens with one attached hydrogen (secondary N) is 1. The van der Waals surface area contributed by atoms with Gasteiger partial charge in [0.15, 0.2) is 0 Å². The average molecular weight is 486 g/mol. The second-order valence-electron chi connectivity index (χ2n) is 7.64. The van der Waals surface area contributed by atoms with E-state index < -0.39 is 22.7 Å². The Morgan fingerprint density at radius 2 is 1.85 bits per heavy atom. The molecule has 7 nitrogen and oxygen atoms in total. The number of non-ortho nitro benzene ring substituents is 1. The number of pyridine rings is 1. The van der Waals surface area contributed by atoms with E-state index in [0.29, 0.717) is 5.56 Å². The Kier molecular flexibility index (Phi) is 5.74. The van der Waals surface area contributed by atoms with Gasteiger partial charge in [0.05, 0.1) is 10.6 Å². The van der Waals surface area contributed by atoms with E-state index in [9.17, 15) is 28.1 Å². The molecule has 0 atom stereocenters. The lowest BCUT2D eigenvalue weighted by Gasteiger charge is -2.12. The van der Waals surface area contributed by atoms with Gasteiger partial charge < -0.3 is 11.1 Å². The standard InChI is InChI=1S/C23H17F3N4O3S/c1-11-6-7-13(8-12(11)2)16-10-17(23(24,25)26)29-22-18(16)19(27)20(34-22)21(31)28-14-4-3-5-15(9-14)30(32)33/h3-10H,27H2,1-2H3,(H,28,31). The molecule has 174 valence electrons. The van der Waals surface area contributed by atoms with Crippen LogP contribution in [0.5, 0.6) is 0 Å². The molecule has 34 heavy (non-hydrogen) atoms. The first kappa shape index (κ1) is 23.2. The largest absolute Gasteiger partial charge is 0.433 e.